The molecule has 3 N–H and O–H groups in total. The fourth-order valence-corrected chi connectivity index (χ4v) is 4.04. The van der Waals surface area contributed by atoms with Gasteiger partial charge in [-0.2, -0.15) is 0 Å². The van der Waals surface area contributed by atoms with E-state index < -0.39 is 5.91 Å². The zero-order chi connectivity index (χ0) is 22.7. The molecule has 0 bridgehead atoms. The number of thiazole rings is 1. The molecule has 32 heavy (non-hydrogen) atoms. The van der Waals surface area contributed by atoms with Gasteiger partial charge in [0.15, 0.2) is 5.13 Å². The first kappa shape index (κ1) is 21.5. The van der Waals surface area contributed by atoms with Crippen LogP contribution in [0.3, 0.4) is 0 Å². The van der Waals surface area contributed by atoms with Gasteiger partial charge in [-0.25, -0.2) is 9.97 Å². The SMILES string of the molecule is COc1ccc2sc(NC(=O)Cc3ccc(Oc4ncccc4C(N)=O)c(Cl)c3)nc2c1. The molecule has 2 aromatic carbocycles. The van der Waals surface area contributed by atoms with Crippen LogP contribution in [-0.4, -0.2) is 28.9 Å². The minimum Gasteiger partial charge on any atom is -0.497 e. The van der Waals surface area contributed by atoms with Crippen LogP contribution in [0.4, 0.5) is 5.13 Å². The minimum atomic E-state index is -0.661. The smallest absolute Gasteiger partial charge is 0.254 e. The van der Waals surface area contributed by atoms with E-state index in [0.717, 1.165) is 10.2 Å². The number of hydrogen-bond donors (Lipinski definition) is 2. The largest absolute Gasteiger partial charge is 0.497 e. The Bertz CT molecular complexity index is 1320. The van der Waals surface area contributed by atoms with Crippen LogP contribution in [0, 0.1) is 0 Å². The van der Waals surface area contributed by atoms with Gasteiger partial charge in [-0.3, -0.25) is 9.59 Å². The number of primary amides is 1. The second-order valence-corrected chi connectivity index (χ2v) is 8.10. The fraction of sp³-hybridized carbons (Fsp3) is 0.0909. The van der Waals surface area contributed by atoms with Gasteiger partial charge in [-0.15, -0.1) is 0 Å². The van der Waals surface area contributed by atoms with Crippen molar-refractivity contribution in [1.82, 2.24) is 9.97 Å². The monoisotopic (exact) mass is 468 g/mol. The van der Waals surface area contributed by atoms with E-state index >= 15 is 0 Å². The molecule has 0 saturated heterocycles. The summed E-state index contributed by atoms with van der Waals surface area (Å²) in [5, 5.41) is 3.57. The number of fused-ring (bicyclic) bond motifs is 1. The predicted octanol–water partition coefficient (Wildman–Crippen LogP) is 4.43. The second-order valence-electron chi connectivity index (χ2n) is 6.66. The van der Waals surface area contributed by atoms with Crippen molar-refractivity contribution in [1.29, 1.82) is 0 Å². The van der Waals surface area contributed by atoms with Gasteiger partial charge in [-0.05, 0) is 42.0 Å². The molecule has 0 fully saturated rings. The molecule has 162 valence electrons. The summed E-state index contributed by atoms with van der Waals surface area (Å²) in [5.74, 6) is 0.149. The standard InChI is InChI=1S/C22H17ClN4O4S/c1-30-13-5-7-18-16(11-13)26-22(32-18)27-19(28)10-12-4-6-17(15(23)9-12)31-21-14(20(24)29)3-2-8-25-21/h2-9,11H,10H2,1H3,(H2,24,29)(H,26,27,28). The Morgan fingerprint density at radius 2 is 2.03 bits per heavy atom. The number of nitrogens with zero attached hydrogens (tertiary/aromatic N) is 2. The number of carbonyl (C=O) groups is 2. The van der Waals surface area contributed by atoms with Crippen LogP contribution < -0.4 is 20.5 Å². The lowest BCUT2D eigenvalue weighted by molar-refractivity contribution is -0.115. The van der Waals surface area contributed by atoms with Crippen LogP contribution >= 0.6 is 22.9 Å². The Balaban J connectivity index is 1.44. The molecule has 4 aromatic rings. The molecule has 0 aliphatic carbocycles. The number of hydrogen-bond acceptors (Lipinski definition) is 7. The number of ether oxygens (including phenoxy) is 2. The van der Waals surface area contributed by atoms with Gasteiger partial charge in [0.2, 0.25) is 11.8 Å². The number of nitrogens with one attached hydrogen (secondary N) is 1. The van der Waals surface area contributed by atoms with Crippen LogP contribution in [0.5, 0.6) is 17.4 Å². The number of anilines is 1. The van der Waals surface area contributed by atoms with Gasteiger partial charge in [0.25, 0.3) is 5.91 Å². The first-order valence-corrected chi connectivity index (χ1v) is 10.6. The Hall–Kier alpha value is -3.69. The lowest BCUT2D eigenvalue weighted by atomic mass is 10.1. The van der Waals surface area contributed by atoms with Gasteiger partial charge in [0.1, 0.15) is 17.1 Å². The molecular weight excluding hydrogens is 452 g/mol. The highest BCUT2D eigenvalue weighted by atomic mass is 35.5. The van der Waals surface area contributed by atoms with E-state index in [9.17, 15) is 9.59 Å². The molecule has 0 aliphatic heterocycles. The normalized spacial score (nSPS) is 10.7. The van der Waals surface area contributed by atoms with Crippen molar-refractivity contribution in [3.63, 3.8) is 0 Å². The van der Waals surface area contributed by atoms with E-state index in [4.69, 9.17) is 26.8 Å². The highest BCUT2D eigenvalue weighted by Crippen LogP contribution is 2.32. The first-order chi connectivity index (χ1) is 15.4. The molecule has 4 rings (SSSR count). The van der Waals surface area contributed by atoms with E-state index in [1.807, 2.05) is 18.2 Å². The summed E-state index contributed by atoms with van der Waals surface area (Å²) in [6.07, 6.45) is 1.57. The molecule has 2 aromatic heterocycles. The summed E-state index contributed by atoms with van der Waals surface area (Å²) < 4.78 is 11.8. The van der Waals surface area contributed by atoms with Crippen molar-refractivity contribution in [2.24, 2.45) is 5.73 Å². The van der Waals surface area contributed by atoms with Gasteiger partial charge in [-0.1, -0.05) is 29.0 Å². The van der Waals surface area contributed by atoms with E-state index in [-0.39, 0.29) is 34.5 Å². The Morgan fingerprint density at radius 1 is 1.19 bits per heavy atom. The summed E-state index contributed by atoms with van der Waals surface area (Å²) in [6.45, 7) is 0. The number of pyridine rings is 1. The quantitative estimate of drug-likeness (QED) is 0.414. The topological polar surface area (TPSA) is 116 Å². The van der Waals surface area contributed by atoms with E-state index in [1.54, 1.807) is 31.4 Å². The highest BCUT2D eigenvalue weighted by molar-refractivity contribution is 7.22. The summed E-state index contributed by atoms with van der Waals surface area (Å²) in [4.78, 5) is 32.5. The number of carbonyl (C=O) groups excluding carboxylic acids is 2. The zero-order valence-electron chi connectivity index (χ0n) is 16.8. The van der Waals surface area contributed by atoms with Crippen molar-refractivity contribution < 1.29 is 19.1 Å². The number of methoxy groups -OCH3 is 1. The number of halogens is 1. The molecule has 0 aliphatic rings. The highest BCUT2D eigenvalue weighted by Gasteiger charge is 2.14. The Labute approximate surface area is 192 Å². The third-order valence-electron chi connectivity index (χ3n) is 4.45. The zero-order valence-corrected chi connectivity index (χ0v) is 18.4. The minimum absolute atomic E-state index is 0.0554. The third-order valence-corrected chi connectivity index (χ3v) is 5.69. The van der Waals surface area contributed by atoms with Gasteiger partial charge < -0.3 is 20.5 Å². The second kappa shape index (κ2) is 9.21. The van der Waals surface area contributed by atoms with Gasteiger partial charge in [0, 0.05) is 12.3 Å². The van der Waals surface area contributed by atoms with Gasteiger partial charge in [0.05, 0.1) is 28.8 Å². The number of amides is 2. The Kier molecular flexibility index (Phi) is 6.20. The van der Waals surface area contributed by atoms with Crippen molar-refractivity contribution in [3.05, 3.63) is 70.9 Å². The lowest BCUT2D eigenvalue weighted by Gasteiger charge is -2.10. The number of aromatic nitrogens is 2. The lowest BCUT2D eigenvalue weighted by Crippen LogP contribution is -2.14. The number of rotatable bonds is 7. The third kappa shape index (κ3) is 4.79. The molecule has 10 heteroatoms. The van der Waals surface area contributed by atoms with Crippen molar-refractivity contribution >= 4 is 50.1 Å². The average molecular weight is 469 g/mol. The summed E-state index contributed by atoms with van der Waals surface area (Å²) in [7, 11) is 1.59. The van der Waals surface area contributed by atoms with Gasteiger partial charge >= 0.3 is 0 Å². The maximum absolute atomic E-state index is 12.5. The van der Waals surface area contributed by atoms with E-state index in [2.05, 4.69) is 15.3 Å². The molecule has 0 radical (unpaired) electrons. The van der Waals surface area contributed by atoms with Crippen molar-refractivity contribution in [2.45, 2.75) is 6.42 Å². The molecule has 2 heterocycles. The maximum Gasteiger partial charge on any atom is 0.254 e. The van der Waals surface area contributed by atoms with Crippen LogP contribution in [0.2, 0.25) is 5.02 Å². The molecular formula is C22H17ClN4O4S. The molecule has 2 amide bonds. The van der Waals surface area contributed by atoms with E-state index in [0.29, 0.717) is 16.4 Å². The van der Waals surface area contributed by atoms with Crippen LogP contribution in [0.25, 0.3) is 10.2 Å². The van der Waals surface area contributed by atoms with Crippen LogP contribution in [0.15, 0.2) is 54.7 Å². The molecule has 0 unspecified atom stereocenters. The average Bonchev–Trinajstić information content (AvgIpc) is 3.16. The summed E-state index contributed by atoms with van der Waals surface area (Å²) >= 11 is 7.69. The predicted molar refractivity (Wildman–Crippen MR) is 123 cm³/mol. The molecule has 0 atom stereocenters. The Morgan fingerprint density at radius 3 is 2.78 bits per heavy atom. The number of benzene rings is 2. The van der Waals surface area contributed by atoms with Crippen LogP contribution in [0.1, 0.15) is 15.9 Å². The maximum atomic E-state index is 12.5. The first-order valence-electron chi connectivity index (χ1n) is 9.38. The molecule has 0 saturated carbocycles. The van der Waals surface area contributed by atoms with E-state index in [1.165, 1.54) is 23.6 Å². The fourth-order valence-electron chi connectivity index (χ4n) is 2.94. The van der Waals surface area contributed by atoms with Crippen LogP contribution in [-0.2, 0) is 11.2 Å². The van der Waals surface area contributed by atoms with Crippen molar-refractivity contribution in [2.75, 3.05) is 12.4 Å². The number of nitrogens with two attached hydrogens (primary N) is 1. The summed E-state index contributed by atoms with van der Waals surface area (Å²) in [5.41, 5.74) is 6.91. The summed E-state index contributed by atoms with van der Waals surface area (Å²) in [6, 6.07) is 13.6. The van der Waals surface area contributed by atoms with Crippen molar-refractivity contribution in [3.8, 4) is 17.4 Å². The molecule has 8 nitrogen and oxygen atoms in total. The molecule has 0 spiro atoms.